The van der Waals surface area contributed by atoms with Gasteiger partial charge in [-0.2, -0.15) is 5.10 Å². The van der Waals surface area contributed by atoms with Crippen LogP contribution in [0.5, 0.6) is 0 Å². The Hall–Kier alpha value is -1.92. The van der Waals surface area contributed by atoms with E-state index < -0.39 is 18.0 Å². The number of esters is 2. The minimum atomic E-state index is -0.863. The topological polar surface area (TPSA) is 85.3 Å². The van der Waals surface area contributed by atoms with E-state index in [0.29, 0.717) is 6.42 Å². The third-order valence-corrected chi connectivity index (χ3v) is 2.82. The zero-order valence-corrected chi connectivity index (χ0v) is 10.2. The summed E-state index contributed by atoms with van der Waals surface area (Å²) in [4.78, 5) is 34.3. The Morgan fingerprint density at radius 1 is 1.44 bits per heavy atom. The van der Waals surface area contributed by atoms with Crippen LogP contribution in [-0.4, -0.2) is 47.8 Å². The van der Waals surface area contributed by atoms with Crippen LogP contribution in [0.25, 0.3) is 0 Å². The van der Waals surface area contributed by atoms with Crippen molar-refractivity contribution in [1.82, 2.24) is 5.01 Å². The lowest BCUT2D eigenvalue weighted by atomic mass is 10.1. The number of hydrogen-bond acceptors (Lipinski definition) is 6. The number of carbonyl (C=O) groups excluding carboxylic acids is 3. The lowest BCUT2D eigenvalue weighted by molar-refractivity contribution is -0.156. The minimum absolute atomic E-state index is 0.152. The monoisotopic (exact) mass is 254 g/mol. The predicted octanol–water partition coefficient (Wildman–Crippen LogP) is -0.158. The highest BCUT2D eigenvalue weighted by Gasteiger charge is 2.36. The van der Waals surface area contributed by atoms with Gasteiger partial charge in [-0.1, -0.05) is 0 Å². The molecule has 0 bridgehead atoms. The quantitative estimate of drug-likeness (QED) is 0.639. The number of hydrazone groups is 1. The summed E-state index contributed by atoms with van der Waals surface area (Å²) in [5, 5.41) is 4.93. The summed E-state index contributed by atoms with van der Waals surface area (Å²) in [6.45, 7) is 1.73. The molecule has 1 amide bonds. The minimum Gasteiger partial charge on any atom is -0.460 e. The first kappa shape index (κ1) is 12.5. The van der Waals surface area contributed by atoms with E-state index in [1.54, 1.807) is 6.92 Å². The van der Waals surface area contributed by atoms with E-state index in [9.17, 15) is 14.4 Å². The van der Waals surface area contributed by atoms with Crippen LogP contribution in [0.4, 0.5) is 0 Å². The number of nitrogens with zero attached hydrogens (tertiary/aromatic N) is 2. The van der Waals surface area contributed by atoms with E-state index >= 15 is 0 Å². The maximum absolute atomic E-state index is 11.8. The van der Waals surface area contributed by atoms with Crippen molar-refractivity contribution in [3.8, 4) is 0 Å². The van der Waals surface area contributed by atoms with Crippen LogP contribution in [-0.2, 0) is 23.9 Å². The molecule has 0 aliphatic carbocycles. The number of ether oxygens (including phenoxy) is 2. The van der Waals surface area contributed by atoms with Crippen LogP contribution in [0.2, 0.25) is 0 Å². The Morgan fingerprint density at radius 2 is 2.17 bits per heavy atom. The van der Waals surface area contributed by atoms with Gasteiger partial charge in [-0.3, -0.25) is 4.79 Å². The summed E-state index contributed by atoms with van der Waals surface area (Å²) in [5.41, 5.74) is 0.157. The lowest BCUT2D eigenvalue weighted by Gasteiger charge is -2.19. The molecule has 7 heteroatoms. The van der Waals surface area contributed by atoms with E-state index in [4.69, 9.17) is 9.47 Å². The van der Waals surface area contributed by atoms with E-state index in [0.717, 1.165) is 5.01 Å². The van der Waals surface area contributed by atoms with E-state index in [1.807, 2.05) is 0 Å². The fourth-order valence-corrected chi connectivity index (χ4v) is 1.83. The Bertz CT molecular complexity index is 431. The number of rotatable bonds is 2. The van der Waals surface area contributed by atoms with Gasteiger partial charge in [-0.05, 0) is 6.92 Å². The van der Waals surface area contributed by atoms with E-state index in [1.165, 1.54) is 7.05 Å². The van der Waals surface area contributed by atoms with Crippen LogP contribution in [0.15, 0.2) is 5.10 Å². The highest BCUT2D eigenvalue weighted by Crippen LogP contribution is 2.18. The second kappa shape index (κ2) is 4.75. The van der Waals surface area contributed by atoms with Crippen molar-refractivity contribution in [2.24, 2.45) is 5.10 Å². The number of amides is 1. The molecule has 98 valence electrons. The standard InChI is InChI=1S/C11H14N2O5/c1-6-5-8(11(16)17-6)18-10(15)7-3-4-9(14)13(2)12-7/h6,8H,3-5H2,1-2H3. The van der Waals surface area contributed by atoms with Crippen LogP contribution < -0.4 is 0 Å². The molecule has 0 saturated carbocycles. The molecule has 2 rings (SSSR count). The van der Waals surface area contributed by atoms with Crippen molar-refractivity contribution >= 4 is 23.6 Å². The summed E-state index contributed by atoms with van der Waals surface area (Å²) in [7, 11) is 1.47. The summed E-state index contributed by atoms with van der Waals surface area (Å²) < 4.78 is 9.91. The van der Waals surface area contributed by atoms with Crippen molar-refractivity contribution < 1.29 is 23.9 Å². The molecular formula is C11H14N2O5. The molecule has 2 heterocycles. The zero-order chi connectivity index (χ0) is 13.3. The summed E-state index contributed by atoms with van der Waals surface area (Å²) in [6.07, 6.45) is -0.298. The molecule has 2 unspecified atom stereocenters. The Labute approximate surface area is 104 Å². The molecule has 0 aromatic rings. The molecule has 0 aromatic carbocycles. The van der Waals surface area contributed by atoms with Gasteiger partial charge in [0, 0.05) is 26.3 Å². The number of carbonyl (C=O) groups is 3. The predicted molar refractivity (Wildman–Crippen MR) is 59.5 cm³/mol. The van der Waals surface area contributed by atoms with Gasteiger partial charge < -0.3 is 9.47 Å². The number of hydrogen-bond donors (Lipinski definition) is 0. The molecule has 1 saturated heterocycles. The van der Waals surface area contributed by atoms with Crippen LogP contribution in [0.3, 0.4) is 0 Å². The molecule has 18 heavy (non-hydrogen) atoms. The Balaban J connectivity index is 1.98. The summed E-state index contributed by atoms with van der Waals surface area (Å²) in [5.74, 6) is -1.34. The first-order valence-electron chi connectivity index (χ1n) is 5.73. The van der Waals surface area contributed by atoms with Gasteiger partial charge in [0.05, 0.1) is 0 Å². The molecule has 0 aromatic heterocycles. The maximum atomic E-state index is 11.8. The van der Waals surface area contributed by atoms with E-state index in [2.05, 4.69) is 5.10 Å². The molecule has 1 fully saturated rings. The molecule has 0 radical (unpaired) electrons. The molecule has 7 nitrogen and oxygen atoms in total. The number of cyclic esters (lactones) is 1. The Morgan fingerprint density at radius 3 is 2.72 bits per heavy atom. The smallest absolute Gasteiger partial charge is 0.355 e. The van der Waals surface area contributed by atoms with Gasteiger partial charge in [0.25, 0.3) is 0 Å². The first-order chi connectivity index (χ1) is 8.47. The van der Waals surface area contributed by atoms with Crippen molar-refractivity contribution in [3.05, 3.63) is 0 Å². The molecule has 2 atom stereocenters. The van der Waals surface area contributed by atoms with Crippen molar-refractivity contribution in [2.75, 3.05) is 7.05 Å². The largest absolute Gasteiger partial charge is 0.460 e. The fraction of sp³-hybridized carbons (Fsp3) is 0.636. The van der Waals surface area contributed by atoms with Gasteiger partial charge in [0.15, 0.2) is 0 Å². The first-order valence-corrected chi connectivity index (χ1v) is 5.73. The molecule has 0 spiro atoms. The molecular weight excluding hydrogens is 240 g/mol. The third-order valence-electron chi connectivity index (χ3n) is 2.82. The summed E-state index contributed by atoms with van der Waals surface area (Å²) >= 11 is 0. The van der Waals surface area contributed by atoms with Gasteiger partial charge in [0.2, 0.25) is 12.0 Å². The SMILES string of the molecule is CC1CC(OC(=O)C2=NN(C)C(=O)CC2)C(=O)O1. The van der Waals surface area contributed by atoms with Crippen LogP contribution >= 0.6 is 0 Å². The second-order valence-electron chi connectivity index (χ2n) is 4.34. The average molecular weight is 254 g/mol. The van der Waals surface area contributed by atoms with Gasteiger partial charge in [-0.15, -0.1) is 0 Å². The molecule has 2 aliphatic rings. The van der Waals surface area contributed by atoms with Crippen LogP contribution in [0, 0.1) is 0 Å². The van der Waals surface area contributed by atoms with Gasteiger partial charge in [0.1, 0.15) is 11.8 Å². The summed E-state index contributed by atoms with van der Waals surface area (Å²) in [6, 6.07) is 0. The van der Waals surface area contributed by atoms with Crippen molar-refractivity contribution in [1.29, 1.82) is 0 Å². The molecule has 2 aliphatic heterocycles. The second-order valence-corrected chi connectivity index (χ2v) is 4.34. The zero-order valence-electron chi connectivity index (χ0n) is 10.2. The lowest BCUT2D eigenvalue weighted by Crippen LogP contribution is -2.34. The maximum Gasteiger partial charge on any atom is 0.355 e. The van der Waals surface area contributed by atoms with Crippen LogP contribution in [0.1, 0.15) is 26.2 Å². The third kappa shape index (κ3) is 2.49. The highest BCUT2D eigenvalue weighted by molar-refractivity contribution is 6.37. The fourth-order valence-electron chi connectivity index (χ4n) is 1.83. The van der Waals surface area contributed by atoms with Crippen molar-refractivity contribution in [3.63, 3.8) is 0 Å². The van der Waals surface area contributed by atoms with Crippen molar-refractivity contribution in [2.45, 2.75) is 38.4 Å². The van der Waals surface area contributed by atoms with E-state index in [-0.39, 0.29) is 30.6 Å². The normalized spacial score (nSPS) is 27.9. The molecule has 0 N–H and O–H groups in total. The highest BCUT2D eigenvalue weighted by atomic mass is 16.6. The average Bonchev–Trinajstić information content (AvgIpc) is 2.61. The Kier molecular flexibility index (Phi) is 3.31. The van der Waals surface area contributed by atoms with Gasteiger partial charge >= 0.3 is 11.9 Å². The van der Waals surface area contributed by atoms with Gasteiger partial charge in [-0.25, -0.2) is 14.6 Å².